The van der Waals surface area contributed by atoms with Crippen LogP contribution in [0, 0.1) is 0 Å². The maximum absolute atomic E-state index is 13.5. The van der Waals surface area contributed by atoms with Crippen LogP contribution in [0.5, 0.6) is 5.75 Å². The van der Waals surface area contributed by atoms with Gasteiger partial charge in [0.15, 0.2) is 5.96 Å². The van der Waals surface area contributed by atoms with Crippen molar-refractivity contribution in [2.45, 2.75) is 38.1 Å². The van der Waals surface area contributed by atoms with Crippen LogP contribution in [-0.2, 0) is 23.9 Å². The Hall–Kier alpha value is -3.19. The van der Waals surface area contributed by atoms with Crippen LogP contribution in [0.15, 0.2) is 22.7 Å². The van der Waals surface area contributed by atoms with E-state index in [9.17, 15) is 27.6 Å². The van der Waals surface area contributed by atoms with Crippen LogP contribution in [0.25, 0.3) is 6.08 Å². The standard InChI is InChI=1S/C21H23Cl2F3N4O6/c1-10(31)30-15(3-2-4-29-20(27)28)19(33)35-6-5-34-18(32)13-8-11-7-12(22)9-14(23)16(11)36-17(13)21(24,25)26/h7-9,15,17H,2-6H2,1H3,(H,30,31)(H4,27,28,29)/t15-,17?/m0/s1. The normalized spacial score (nSPS) is 15.5. The van der Waals surface area contributed by atoms with Crippen molar-refractivity contribution in [3.63, 3.8) is 0 Å². The van der Waals surface area contributed by atoms with E-state index in [1.165, 1.54) is 19.1 Å². The van der Waals surface area contributed by atoms with E-state index in [2.05, 4.69) is 10.3 Å². The number of ether oxygens (including phenoxy) is 3. The Labute approximate surface area is 213 Å². The highest BCUT2D eigenvalue weighted by Gasteiger charge is 2.49. The van der Waals surface area contributed by atoms with Crippen molar-refractivity contribution in [3.05, 3.63) is 33.3 Å². The molecule has 0 aliphatic carbocycles. The Morgan fingerprint density at radius 1 is 1.19 bits per heavy atom. The second kappa shape index (κ2) is 12.7. The molecular formula is C21H23Cl2F3N4O6. The first-order valence-electron chi connectivity index (χ1n) is 10.4. The monoisotopic (exact) mass is 554 g/mol. The maximum Gasteiger partial charge on any atom is 0.430 e. The van der Waals surface area contributed by atoms with Gasteiger partial charge < -0.3 is 31.0 Å². The quantitative estimate of drug-likeness (QED) is 0.172. The lowest BCUT2D eigenvalue weighted by Gasteiger charge is -2.28. The van der Waals surface area contributed by atoms with Gasteiger partial charge in [-0.05, 0) is 31.1 Å². The third kappa shape index (κ3) is 8.48. The van der Waals surface area contributed by atoms with Crippen molar-refractivity contribution in [2.75, 3.05) is 19.8 Å². The van der Waals surface area contributed by atoms with E-state index < -0.39 is 55.0 Å². The molecule has 0 saturated heterocycles. The van der Waals surface area contributed by atoms with E-state index in [1.807, 2.05) is 0 Å². The molecule has 10 nitrogen and oxygen atoms in total. The molecule has 0 saturated carbocycles. The van der Waals surface area contributed by atoms with E-state index >= 15 is 0 Å². The molecule has 1 aromatic rings. The maximum atomic E-state index is 13.5. The molecule has 36 heavy (non-hydrogen) atoms. The van der Waals surface area contributed by atoms with Gasteiger partial charge in [0, 0.05) is 24.1 Å². The fourth-order valence-electron chi connectivity index (χ4n) is 3.10. The number of carbonyl (C=O) groups excluding carboxylic acids is 3. The lowest BCUT2D eigenvalue weighted by Crippen LogP contribution is -2.42. The Bertz CT molecular complexity index is 1060. The van der Waals surface area contributed by atoms with Crippen molar-refractivity contribution in [1.29, 1.82) is 0 Å². The van der Waals surface area contributed by atoms with Crippen molar-refractivity contribution < 1.29 is 41.8 Å². The second-order valence-electron chi connectivity index (χ2n) is 7.45. The molecule has 2 rings (SSSR count). The molecule has 0 bridgehead atoms. The summed E-state index contributed by atoms with van der Waals surface area (Å²) in [6.45, 7) is 0.373. The lowest BCUT2D eigenvalue weighted by atomic mass is 10.0. The summed E-state index contributed by atoms with van der Waals surface area (Å²) in [7, 11) is 0. The average molecular weight is 555 g/mol. The average Bonchev–Trinajstić information content (AvgIpc) is 2.76. The highest BCUT2D eigenvalue weighted by molar-refractivity contribution is 6.36. The first-order valence-corrected chi connectivity index (χ1v) is 11.2. The van der Waals surface area contributed by atoms with Gasteiger partial charge in [0.25, 0.3) is 0 Å². The minimum absolute atomic E-state index is 0.0604. The van der Waals surface area contributed by atoms with Gasteiger partial charge in [-0.1, -0.05) is 23.2 Å². The number of nitrogens with two attached hydrogens (primary N) is 2. The van der Waals surface area contributed by atoms with Crippen molar-refractivity contribution in [2.24, 2.45) is 16.5 Å². The van der Waals surface area contributed by atoms with Crippen LogP contribution in [-0.4, -0.2) is 61.9 Å². The van der Waals surface area contributed by atoms with Crippen LogP contribution < -0.4 is 21.5 Å². The summed E-state index contributed by atoms with van der Waals surface area (Å²) in [5.74, 6) is -3.08. The number of halogens is 5. The zero-order valence-corrected chi connectivity index (χ0v) is 20.4. The number of nitrogens with one attached hydrogen (secondary N) is 1. The molecule has 1 unspecified atom stereocenters. The zero-order valence-electron chi connectivity index (χ0n) is 18.9. The molecule has 1 amide bonds. The number of amides is 1. The molecule has 5 N–H and O–H groups in total. The smallest absolute Gasteiger partial charge is 0.430 e. The van der Waals surface area contributed by atoms with E-state index in [4.69, 9.17) is 48.9 Å². The van der Waals surface area contributed by atoms with Gasteiger partial charge in [-0.2, -0.15) is 13.2 Å². The molecule has 0 spiro atoms. The SMILES string of the molecule is CC(=O)N[C@@H](CCCN=C(N)N)C(=O)OCCOC(=O)C1=Cc2cc(Cl)cc(Cl)c2OC1C(F)(F)F. The number of nitrogens with zero attached hydrogens (tertiary/aromatic N) is 1. The molecular weight excluding hydrogens is 532 g/mol. The topological polar surface area (TPSA) is 155 Å². The Balaban J connectivity index is 2.00. The first kappa shape index (κ1) is 29.0. The predicted octanol–water partition coefficient (Wildman–Crippen LogP) is 2.34. The summed E-state index contributed by atoms with van der Waals surface area (Å²) in [6.07, 6.45) is -6.17. The molecule has 0 fully saturated rings. The van der Waals surface area contributed by atoms with Gasteiger partial charge in [0.2, 0.25) is 12.0 Å². The molecule has 15 heteroatoms. The number of alkyl halides is 3. The van der Waals surface area contributed by atoms with Crippen LogP contribution in [0.4, 0.5) is 13.2 Å². The summed E-state index contributed by atoms with van der Waals surface area (Å²) in [5, 5.41) is 2.37. The van der Waals surface area contributed by atoms with Crippen LogP contribution >= 0.6 is 23.2 Å². The lowest BCUT2D eigenvalue weighted by molar-refractivity contribution is -0.188. The molecule has 0 aromatic heterocycles. The second-order valence-corrected chi connectivity index (χ2v) is 8.29. The number of rotatable bonds is 10. The molecule has 1 aromatic carbocycles. The van der Waals surface area contributed by atoms with Crippen molar-refractivity contribution in [3.8, 4) is 5.75 Å². The Morgan fingerprint density at radius 3 is 2.47 bits per heavy atom. The van der Waals surface area contributed by atoms with Crippen LogP contribution in [0.3, 0.4) is 0 Å². The van der Waals surface area contributed by atoms with Gasteiger partial charge in [0.05, 0.1) is 10.6 Å². The zero-order chi connectivity index (χ0) is 27.0. The highest BCUT2D eigenvalue weighted by Crippen LogP contribution is 2.42. The van der Waals surface area contributed by atoms with Gasteiger partial charge >= 0.3 is 18.1 Å². The number of fused-ring (bicyclic) bond motifs is 1. The fraction of sp³-hybridized carbons (Fsp3) is 0.429. The Kier molecular flexibility index (Phi) is 10.2. The number of benzene rings is 1. The molecule has 1 aliphatic heterocycles. The number of hydrogen-bond donors (Lipinski definition) is 3. The first-order chi connectivity index (χ1) is 16.8. The molecule has 2 atom stereocenters. The van der Waals surface area contributed by atoms with E-state index in [0.29, 0.717) is 6.42 Å². The molecule has 198 valence electrons. The van der Waals surface area contributed by atoms with E-state index in [0.717, 1.165) is 6.08 Å². The fourth-order valence-corrected chi connectivity index (χ4v) is 3.66. The predicted molar refractivity (Wildman–Crippen MR) is 124 cm³/mol. The number of esters is 2. The highest BCUT2D eigenvalue weighted by atomic mass is 35.5. The van der Waals surface area contributed by atoms with Crippen molar-refractivity contribution >= 4 is 53.1 Å². The molecule has 0 radical (unpaired) electrons. The van der Waals surface area contributed by atoms with Gasteiger partial charge in [-0.15, -0.1) is 0 Å². The van der Waals surface area contributed by atoms with Crippen LogP contribution in [0.2, 0.25) is 10.0 Å². The third-order valence-corrected chi connectivity index (χ3v) is 5.07. The number of aliphatic imine (C=N–C) groups is 1. The van der Waals surface area contributed by atoms with Gasteiger partial charge in [0.1, 0.15) is 25.0 Å². The van der Waals surface area contributed by atoms with Gasteiger partial charge in [-0.3, -0.25) is 9.79 Å². The van der Waals surface area contributed by atoms with Crippen LogP contribution in [0.1, 0.15) is 25.3 Å². The Morgan fingerprint density at radius 2 is 1.86 bits per heavy atom. The number of carbonyl (C=O) groups is 3. The van der Waals surface area contributed by atoms with E-state index in [1.54, 1.807) is 0 Å². The molecule has 1 heterocycles. The van der Waals surface area contributed by atoms with Crippen molar-refractivity contribution in [1.82, 2.24) is 5.32 Å². The third-order valence-electron chi connectivity index (χ3n) is 4.57. The minimum atomic E-state index is -4.96. The molecule has 1 aliphatic rings. The summed E-state index contributed by atoms with van der Waals surface area (Å²) in [5.41, 5.74) is 9.66. The van der Waals surface area contributed by atoms with E-state index in [-0.39, 0.29) is 40.3 Å². The summed E-state index contributed by atoms with van der Waals surface area (Å²) in [4.78, 5) is 39.8. The number of guanidine groups is 1. The van der Waals surface area contributed by atoms with Gasteiger partial charge in [-0.25, -0.2) is 9.59 Å². The minimum Gasteiger partial charge on any atom is -0.474 e. The summed E-state index contributed by atoms with van der Waals surface area (Å²) < 4.78 is 55.4. The summed E-state index contributed by atoms with van der Waals surface area (Å²) >= 11 is 11.8. The largest absolute Gasteiger partial charge is 0.474 e. The summed E-state index contributed by atoms with van der Waals surface area (Å²) in [6, 6.07) is 1.46. The number of hydrogen-bond acceptors (Lipinski definition) is 7.